The number of fused-ring (bicyclic) bond motifs is 1. The van der Waals surface area contributed by atoms with Crippen LogP contribution in [0.2, 0.25) is 0 Å². The fraction of sp³-hybridized carbons (Fsp3) is 0.611. The normalized spacial score (nSPS) is 17.2. The van der Waals surface area contributed by atoms with Gasteiger partial charge >= 0.3 is 0 Å². The van der Waals surface area contributed by atoms with E-state index in [-0.39, 0.29) is 24.0 Å². The van der Waals surface area contributed by atoms with E-state index in [9.17, 15) is 0 Å². The molecule has 0 unspecified atom stereocenters. The van der Waals surface area contributed by atoms with Crippen molar-refractivity contribution in [3.63, 3.8) is 0 Å². The lowest BCUT2D eigenvalue weighted by atomic mass is 10.1. The van der Waals surface area contributed by atoms with E-state index in [4.69, 9.17) is 14.2 Å². The molecule has 0 bridgehead atoms. The summed E-state index contributed by atoms with van der Waals surface area (Å²) in [5, 5.41) is 3.41. The summed E-state index contributed by atoms with van der Waals surface area (Å²) in [6.45, 7) is 6.92. The first-order chi connectivity index (χ1) is 12.3. The van der Waals surface area contributed by atoms with E-state index in [1.54, 1.807) is 7.11 Å². The van der Waals surface area contributed by atoms with E-state index in [1.165, 1.54) is 5.56 Å². The van der Waals surface area contributed by atoms with Crippen LogP contribution in [0, 0.1) is 0 Å². The molecular formula is C18H29IN4O3. The van der Waals surface area contributed by atoms with Gasteiger partial charge < -0.3 is 24.4 Å². The van der Waals surface area contributed by atoms with Gasteiger partial charge in [0.25, 0.3) is 0 Å². The Morgan fingerprint density at radius 3 is 2.69 bits per heavy atom. The lowest BCUT2D eigenvalue weighted by Crippen LogP contribution is -2.52. The molecule has 0 radical (unpaired) electrons. The maximum atomic E-state index is 5.46. The number of ether oxygens (including phenoxy) is 3. The van der Waals surface area contributed by atoms with Gasteiger partial charge in [-0.05, 0) is 24.1 Å². The van der Waals surface area contributed by atoms with Crippen LogP contribution < -0.4 is 14.8 Å². The Kier molecular flexibility index (Phi) is 8.73. The number of piperazine rings is 1. The van der Waals surface area contributed by atoms with Crippen molar-refractivity contribution < 1.29 is 14.2 Å². The van der Waals surface area contributed by atoms with Crippen LogP contribution in [0.1, 0.15) is 12.0 Å². The summed E-state index contributed by atoms with van der Waals surface area (Å²) in [5.74, 6) is 2.69. The third kappa shape index (κ3) is 5.62. The molecule has 0 atom stereocenters. The summed E-state index contributed by atoms with van der Waals surface area (Å²) >= 11 is 0. The number of methoxy groups -OCH3 is 1. The maximum absolute atomic E-state index is 5.46. The molecule has 1 fully saturated rings. The van der Waals surface area contributed by atoms with Gasteiger partial charge in [0.05, 0.1) is 0 Å². The molecule has 2 heterocycles. The fourth-order valence-corrected chi connectivity index (χ4v) is 3.16. The van der Waals surface area contributed by atoms with Gasteiger partial charge in [-0.25, -0.2) is 0 Å². The van der Waals surface area contributed by atoms with Crippen molar-refractivity contribution in [2.75, 3.05) is 60.3 Å². The van der Waals surface area contributed by atoms with E-state index in [2.05, 4.69) is 32.2 Å². The van der Waals surface area contributed by atoms with Crippen LogP contribution in [0.15, 0.2) is 23.2 Å². The molecule has 1 N–H and O–H groups in total. The van der Waals surface area contributed by atoms with Crippen LogP contribution in [0.5, 0.6) is 11.5 Å². The lowest BCUT2D eigenvalue weighted by Gasteiger charge is -2.36. The number of hydrogen-bond acceptors (Lipinski definition) is 5. The first-order valence-electron chi connectivity index (χ1n) is 8.85. The van der Waals surface area contributed by atoms with Crippen molar-refractivity contribution in [2.24, 2.45) is 4.99 Å². The molecule has 2 aliphatic heterocycles. The quantitative estimate of drug-likeness (QED) is 0.293. The molecule has 26 heavy (non-hydrogen) atoms. The molecule has 0 saturated carbocycles. The van der Waals surface area contributed by atoms with Crippen LogP contribution in [-0.4, -0.2) is 76.0 Å². The summed E-state index contributed by atoms with van der Waals surface area (Å²) in [4.78, 5) is 9.19. The second-order valence-electron chi connectivity index (χ2n) is 6.27. The highest BCUT2D eigenvalue weighted by atomic mass is 127. The van der Waals surface area contributed by atoms with Crippen LogP contribution in [-0.2, 0) is 11.3 Å². The zero-order valence-corrected chi connectivity index (χ0v) is 17.9. The maximum Gasteiger partial charge on any atom is 0.231 e. The van der Waals surface area contributed by atoms with Gasteiger partial charge in [-0.3, -0.25) is 9.89 Å². The average Bonchev–Trinajstić information content (AvgIpc) is 3.11. The topological polar surface area (TPSA) is 58.6 Å². The first-order valence-corrected chi connectivity index (χ1v) is 8.85. The van der Waals surface area contributed by atoms with Crippen LogP contribution in [0.3, 0.4) is 0 Å². The summed E-state index contributed by atoms with van der Waals surface area (Å²) in [5.41, 5.74) is 1.26. The van der Waals surface area contributed by atoms with E-state index in [0.29, 0.717) is 6.79 Å². The Balaban J connectivity index is 0.00000243. The van der Waals surface area contributed by atoms with Crippen molar-refractivity contribution in [1.82, 2.24) is 15.1 Å². The highest BCUT2D eigenvalue weighted by Gasteiger charge is 2.20. The smallest absolute Gasteiger partial charge is 0.231 e. The van der Waals surface area contributed by atoms with Gasteiger partial charge in [-0.15, -0.1) is 24.0 Å². The predicted molar refractivity (Wildman–Crippen MR) is 113 cm³/mol. The number of nitrogens with one attached hydrogen (secondary N) is 1. The number of benzene rings is 1. The Labute approximate surface area is 172 Å². The minimum Gasteiger partial charge on any atom is -0.454 e. The zero-order chi connectivity index (χ0) is 17.5. The Hall–Kier alpha value is -1.26. The fourth-order valence-electron chi connectivity index (χ4n) is 3.16. The van der Waals surface area contributed by atoms with Gasteiger partial charge in [-0.1, -0.05) is 6.07 Å². The third-order valence-electron chi connectivity index (χ3n) is 4.54. The lowest BCUT2D eigenvalue weighted by molar-refractivity contribution is 0.170. The van der Waals surface area contributed by atoms with Gasteiger partial charge in [-0.2, -0.15) is 0 Å². The molecule has 1 aromatic carbocycles. The molecule has 2 aliphatic rings. The third-order valence-corrected chi connectivity index (χ3v) is 4.54. The number of rotatable bonds is 6. The molecule has 0 aliphatic carbocycles. The van der Waals surface area contributed by atoms with Gasteiger partial charge in [0.1, 0.15) is 0 Å². The van der Waals surface area contributed by atoms with Crippen molar-refractivity contribution in [1.29, 1.82) is 0 Å². The van der Waals surface area contributed by atoms with Gasteiger partial charge in [0.2, 0.25) is 6.79 Å². The first kappa shape index (κ1) is 21.0. The van der Waals surface area contributed by atoms with E-state index < -0.39 is 0 Å². The van der Waals surface area contributed by atoms with Crippen LogP contribution in [0.25, 0.3) is 0 Å². The number of aliphatic imine (C=N–C) groups is 1. The highest BCUT2D eigenvalue weighted by Crippen LogP contribution is 2.32. The summed E-state index contributed by atoms with van der Waals surface area (Å²) in [6.07, 6.45) is 0.986. The molecule has 0 amide bonds. The zero-order valence-electron chi connectivity index (χ0n) is 15.6. The molecular weight excluding hydrogens is 447 g/mol. The number of nitrogens with zero attached hydrogens (tertiary/aromatic N) is 3. The number of halogens is 1. The van der Waals surface area contributed by atoms with Crippen molar-refractivity contribution in [3.05, 3.63) is 23.8 Å². The van der Waals surface area contributed by atoms with Crippen LogP contribution in [0.4, 0.5) is 0 Å². The monoisotopic (exact) mass is 476 g/mol. The standard InChI is InChI=1S/C18H28N4O3.HI/c1-19-18(20-6-3-11-23-2)22-9-7-21(8-10-22)13-15-4-5-16-17(12-15)25-14-24-16;/h4-5,12H,3,6-11,13-14H2,1-2H3,(H,19,20);1H. The average molecular weight is 476 g/mol. The van der Waals surface area contributed by atoms with Crippen molar-refractivity contribution >= 4 is 29.9 Å². The second-order valence-corrected chi connectivity index (χ2v) is 6.27. The summed E-state index contributed by atoms with van der Waals surface area (Å²) < 4.78 is 15.9. The van der Waals surface area contributed by atoms with E-state index in [0.717, 1.165) is 69.8 Å². The molecule has 1 aromatic rings. The predicted octanol–water partition coefficient (Wildman–Crippen LogP) is 1.76. The van der Waals surface area contributed by atoms with Gasteiger partial charge in [0, 0.05) is 60.0 Å². The number of hydrogen-bond donors (Lipinski definition) is 1. The summed E-state index contributed by atoms with van der Waals surface area (Å²) in [6, 6.07) is 6.21. The van der Waals surface area contributed by atoms with E-state index >= 15 is 0 Å². The molecule has 146 valence electrons. The van der Waals surface area contributed by atoms with Crippen molar-refractivity contribution in [2.45, 2.75) is 13.0 Å². The molecule has 0 aromatic heterocycles. The van der Waals surface area contributed by atoms with E-state index in [1.807, 2.05) is 13.1 Å². The largest absolute Gasteiger partial charge is 0.454 e. The summed E-state index contributed by atoms with van der Waals surface area (Å²) in [7, 11) is 3.58. The minimum atomic E-state index is 0. The number of guanidine groups is 1. The minimum absolute atomic E-state index is 0. The molecule has 0 spiro atoms. The molecule has 8 heteroatoms. The molecule has 7 nitrogen and oxygen atoms in total. The molecule has 1 saturated heterocycles. The van der Waals surface area contributed by atoms with Crippen LogP contribution >= 0.6 is 24.0 Å². The Bertz CT molecular complexity index is 592. The van der Waals surface area contributed by atoms with Crippen molar-refractivity contribution in [3.8, 4) is 11.5 Å². The Morgan fingerprint density at radius 2 is 1.96 bits per heavy atom. The molecule has 3 rings (SSSR count). The SMILES string of the molecule is CN=C(NCCCOC)N1CCN(Cc2ccc3c(c2)OCO3)CC1.I. The highest BCUT2D eigenvalue weighted by molar-refractivity contribution is 14.0. The second kappa shape index (κ2) is 10.8. The Morgan fingerprint density at radius 1 is 1.19 bits per heavy atom. The van der Waals surface area contributed by atoms with Gasteiger partial charge in [0.15, 0.2) is 17.5 Å².